The standard InChI is InChI=1S/C4H11N3O3/c1-6(3-2-4-8)7(10)5-9/h8-9H,2-4H2,1H3. The van der Waals surface area contributed by atoms with Crippen LogP contribution in [0, 0.1) is 5.21 Å². The van der Waals surface area contributed by atoms with E-state index in [1.165, 1.54) is 7.05 Å². The molecule has 0 bridgehead atoms. The van der Waals surface area contributed by atoms with E-state index in [0.29, 0.717) is 13.0 Å². The average Bonchev–Trinajstić information content (AvgIpc) is 1.98. The fraction of sp³-hybridized carbons (Fsp3) is 1.00. The Morgan fingerprint density at radius 1 is 1.70 bits per heavy atom. The second-order valence-electron chi connectivity index (χ2n) is 1.80. The van der Waals surface area contributed by atoms with E-state index >= 15 is 0 Å². The molecular weight excluding hydrogens is 138 g/mol. The van der Waals surface area contributed by atoms with Crippen molar-refractivity contribution in [2.75, 3.05) is 20.2 Å². The first-order valence-electron chi connectivity index (χ1n) is 2.86. The summed E-state index contributed by atoms with van der Waals surface area (Å²) in [6, 6.07) is 0. The fourth-order valence-corrected chi connectivity index (χ4v) is 0.453. The predicted molar refractivity (Wildman–Crippen MR) is 32.2 cm³/mol. The van der Waals surface area contributed by atoms with Crippen molar-refractivity contribution in [1.82, 2.24) is 5.01 Å². The third-order valence-electron chi connectivity index (χ3n) is 1.01. The van der Waals surface area contributed by atoms with Gasteiger partial charge in [-0.25, -0.2) is 0 Å². The van der Waals surface area contributed by atoms with E-state index in [9.17, 15) is 5.21 Å². The van der Waals surface area contributed by atoms with Crippen LogP contribution in [0.5, 0.6) is 0 Å². The molecule has 10 heavy (non-hydrogen) atoms. The van der Waals surface area contributed by atoms with Crippen LogP contribution in [-0.2, 0) is 0 Å². The van der Waals surface area contributed by atoms with Crippen LogP contribution in [0.1, 0.15) is 6.42 Å². The molecule has 60 valence electrons. The molecule has 6 nitrogen and oxygen atoms in total. The molecule has 0 heterocycles. The molecule has 0 fully saturated rings. The minimum atomic E-state index is 0.0175. The number of nitrogens with zero attached hydrogens (tertiary/aromatic N) is 3. The first kappa shape index (κ1) is 8.96. The van der Waals surface area contributed by atoms with Crippen LogP contribution < -0.4 is 0 Å². The number of hydrogen-bond acceptors (Lipinski definition) is 3. The van der Waals surface area contributed by atoms with E-state index in [2.05, 4.69) is 5.28 Å². The Morgan fingerprint density at radius 2 is 2.30 bits per heavy atom. The van der Waals surface area contributed by atoms with Crippen molar-refractivity contribution >= 4 is 0 Å². The lowest BCUT2D eigenvalue weighted by Gasteiger charge is -2.10. The zero-order chi connectivity index (χ0) is 7.98. The number of aliphatic hydroxyl groups excluding tert-OH is 1. The predicted octanol–water partition coefficient (Wildman–Crippen LogP) is -0.433. The molecule has 0 saturated heterocycles. The molecule has 2 N–H and O–H groups in total. The van der Waals surface area contributed by atoms with Gasteiger partial charge in [-0.05, 0) is 6.42 Å². The molecule has 0 aliphatic carbocycles. The molecular formula is C4H11N3O3. The summed E-state index contributed by atoms with van der Waals surface area (Å²) in [5, 5.41) is 30.1. The molecule has 0 unspecified atom stereocenters. The van der Waals surface area contributed by atoms with Gasteiger partial charge >= 0.3 is 0 Å². The molecule has 0 spiro atoms. The van der Waals surface area contributed by atoms with Crippen LogP contribution in [0.25, 0.3) is 0 Å². The summed E-state index contributed by atoms with van der Waals surface area (Å²) in [6.45, 7) is 0.383. The van der Waals surface area contributed by atoms with Gasteiger partial charge in [0.05, 0.1) is 18.6 Å². The summed E-state index contributed by atoms with van der Waals surface area (Å²) >= 11 is 0. The van der Waals surface area contributed by atoms with Gasteiger partial charge in [-0.15, -0.1) is 5.01 Å². The van der Waals surface area contributed by atoms with Crippen LogP contribution in [0.4, 0.5) is 0 Å². The summed E-state index contributed by atoms with van der Waals surface area (Å²) in [5.41, 5.74) is 0. The lowest BCUT2D eigenvalue weighted by Crippen LogP contribution is -2.27. The molecule has 0 aromatic rings. The molecule has 0 aliphatic heterocycles. The monoisotopic (exact) mass is 149 g/mol. The Balaban J connectivity index is 3.51. The third-order valence-corrected chi connectivity index (χ3v) is 1.01. The third kappa shape index (κ3) is 3.08. The first-order chi connectivity index (χ1) is 4.72. The highest BCUT2D eigenvalue weighted by Gasteiger charge is 2.02. The van der Waals surface area contributed by atoms with Crippen molar-refractivity contribution in [3.05, 3.63) is 5.21 Å². The molecule has 0 aromatic carbocycles. The van der Waals surface area contributed by atoms with Crippen LogP contribution in [0.15, 0.2) is 5.28 Å². The summed E-state index contributed by atoms with van der Waals surface area (Å²) in [4.78, 5) is 0.0513. The van der Waals surface area contributed by atoms with Crippen molar-refractivity contribution in [3.8, 4) is 0 Å². The van der Waals surface area contributed by atoms with Gasteiger partial charge in [0.1, 0.15) is 0 Å². The Labute approximate surface area is 58.5 Å². The van der Waals surface area contributed by atoms with Gasteiger partial charge in [0, 0.05) is 6.61 Å². The van der Waals surface area contributed by atoms with Gasteiger partial charge in [-0.2, -0.15) is 0 Å². The zero-order valence-electron chi connectivity index (χ0n) is 5.77. The summed E-state index contributed by atoms with van der Waals surface area (Å²) in [5.74, 6) is 0. The van der Waals surface area contributed by atoms with E-state index < -0.39 is 0 Å². The van der Waals surface area contributed by atoms with E-state index in [0.717, 1.165) is 5.01 Å². The van der Waals surface area contributed by atoms with Crippen LogP contribution in [0.3, 0.4) is 0 Å². The lowest BCUT2D eigenvalue weighted by atomic mass is 10.4. The van der Waals surface area contributed by atoms with E-state index in [1.54, 1.807) is 0 Å². The van der Waals surface area contributed by atoms with Crippen molar-refractivity contribution in [2.45, 2.75) is 6.42 Å². The topological polar surface area (TPSA) is 82.1 Å². The fourth-order valence-electron chi connectivity index (χ4n) is 0.453. The molecule has 0 rings (SSSR count). The molecule has 6 heteroatoms. The van der Waals surface area contributed by atoms with E-state index in [1.807, 2.05) is 0 Å². The molecule has 0 saturated carbocycles. The molecule has 0 aliphatic rings. The van der Waals surface area contributed by atoms with Gasteiger partial charge in [-0.1, -0.05) is 0 Å². The highest BCUT2D eigenvalue weighted by atomic mass is 16.6. The normalized spacial score (nSPS) is 11.6. The van der Waals surface area contributed by atoms with Crippen molar-refractivity contribution < 1.29 is 15.3 Å². The Morgan fingerprint density at radius 3 is 2.70 bits per heavy atom. The van der Waals surface area contributed by atoms with Crippen molar-refractivity contribution in [1.29, 1.82) is 0 Å². The Bertz CT molecular complexity index is 116. The zero-order valence-corrected chi connectivity index (χ0v) is 5.77. The largest absolute Gasteiger partial charge is 0.569 e. The lowest BCUT2D eigenvalue weighted by molar-refractivity contribution is -0.704. The minimum Gasteiger partial charge on any atom is -0.569 e. The maximum atomic E-state index is 10.4. The molecule has 0 radical (unpaired) electrons. The number of rotatable bonds is 4. The SMILES string of the molecule is CN(CCCO)[N+]([O-])=NO. The van der Waals surface area contributed by atoms with Crippen LogP contribution >= 0.6 is 0 Å². The van der Waals surface area contributed by atoms with E-state index in [-0.39, 0.29) is 11.6 Å². The average molecular weight is 149 g/mol. The number of hydrazine groups is 1. The summed E-state index contributed by atoms with van der Waals surface area (Å²) in [7, 11) is 1.46. The van der Waals surface area contributed by atoms with Gasteiger partial charge in [0.25, 0.3) is 0 Å². The Hall–Kier alpha value is -1.04. The highest BCUT2D eigenvalue weighted by molar-refractivity contribution is 4.35. The van der Waals surface area contributed by atoms with Crippen molar-refractivity contribution in [3.63, 3.8) is 0 Å². The van der Waals surface area contributed by atoms with Crippen molar-refractivity contribution in [2.24, 2.45) is 5.28 Å². The maximum absolute atomic E-state index is 10.4. The maximum Gasteiger partial charge on any atom is 0.230 e. The van der Waals surface area contributed by atoms with Crippen LogP contribution in [-0.4, -0.2) is 40.5 Å². The first-order valence-corrected chi connectivity index (χ1v) is 2.86. The molecule has 0 amide bonds. The highest BCUT2D eigenvalue weighted by Crippen LogP contribution is 1.86. The van der Waals surface area contributed by atoms with Crippen LogP contribution in [0.2, 0.25) is 0 Å². The summed E-state index contributed by atoms with van der Waals surface area (Å²) < 4.78 is 0. The second-order valence-corrected chi connectivity index (χ2v) is 1.80. The summed E-state index contributed by atoms with van der Waals surface area (Å²) in [6.07, 6.45) is 0.477. The van der Waals surface area contributed by atoms with Gasteiger partial charge in [-0.3, -0.25) is 0 Å². The number of hydrogen-bond donors (Lipinski definition) is 2. The Kier molecular flexibility index (Phi) is 4.30. The van der Waals surface area contributed by atoms with Gasteiger partial charge in [0.2, 0.25) is 5.28 Å². The molecule has 0 aromatic heterocycles. The number of aliphatic hydroxyl groups is 1. The smallest absolute Gasteiger partial charge is 0.230 e. The quantitative estimate of drug-likeness (QED) is 0.322. The molecule has 0 atom stereocenters. The van der Waals surface area contributed by atoms with Gasteiger partial charge in [0.15, 0.2) is 0 Å². The van der Waals surface area contributed by atoms with Gasteiger partial charge < -0.3 is 15.5 Å². The van der Waals surface area contributed by atoms with E-state index in [4.69, 9.17) is 10.3 Å². The second kappa shape index (κ2) is 4.80. The minimum absolute atomic E-state index is 0.0175.